The molecule has 0 aliphatic rings. The van der Waals surface area contributed by atoms with Crippen molar-refractivity contribution >= 4 is 27.4 Å². The Morgan fingerprint density at radius 3 is 2.39 bits per heavy atom. The van der Waals surface area contributed by atoms with Crippen LogP contribution in [-0.2, 0) is 10.0 Å². The summed E-state index contributed by atoms with van der Waals surface area (Å²) in [5.74, 6) is -1.12. The molecule has 0 saturated heterocycles. The number of ether oxygens (including phenoxy) is 1. The van der Waals surface area contributed by atoms with Gasteiger partial charge in [-0.2, -0.15) is 5.26 Å². The Balaban J connectivity index is 1.90. The van der Waals surface area contributed by atoms with E-state index >= 15 is 0 Å². The second kappa shape index (κ2) is 7.80. The number of hydrogen-bond acceptors (Lipinski definition) is 5. The molecular formula is C18H10ClF2N3O3S. The van der Waals surface area contributed by atoms with E-state index in [1.54, 1.807) is 0 Å². The van der Waals surface area contributed by atoms with Crippen molar-refractivity contribution in [3.05, 3.63) is 76.9 Å². The third-order valence-corrected chi connectivity index (χ3v) is 5.11. The van der Waals surface area contributed by atoms with Gasteiger partial charge < -0.3 is 4.74 Å². The molecule has 0 aliphatic carbocycles. The summed E-state index contributed by atoms with van der Waals surface area (Å²) in [7, 11) is -4.08. The van der Waals surface area contributed by atoms with Crippen LogP contribution in [0.15, 0.2) is 59.6 Å². The van der Waals surface area contributed by atoms with Gasteiger partial charge >= 0.3 is 0 Å². The van der Waals surface area contributed by atoms with Crippen LogP contribution in [0.5, 0.6) is 11.5 Å². The van der Waals surface area contributed by atoms with Gasteiger partial charge in [-0.15, -0.1) is 0 Å². The number of aromatic nitrogens is 1. The van der Waals surface area contributed by atoms with Gasteiger partial charge in [-0.3, -0.25) is 4.72 Å². The molecule has 142 valence electrons. The van der Waals surface area contributed by atoms with E-state index in [0.717, 1.165) is 36.5 Å². The molecule has 3 aromatic rings. The SMILES string of the molecule is N#Cc1cc(S(=O)(=O)Nc2ccc(F)cn2)ccc1Oc1ccc(F)cc1Cl. The summed E-state index contributed by atoms with van der Waals surface area (Å²) in [6, 6.07) is 11.1. The largest absolute Gasteiger partial charge is 0.454 e. The van der Waals surface area contributed by atoms with Crippen molar-refractivity contribution in [1.29, 1.82) is 5.26 Å². The fourth-order valence-corrected chi connectivity index (χ4v) is 3.40. The average molecular weight is 422 g/mol. The molecule has 6 nitrogen and oxygen atoms in total. The van der Waals surface area contributed by atoms with Crippen molar-refractivity contribution in [2.45, 2.75) is 4.90 Å². The fraction of sp³-hybridized carbons (Fsp3) is 0. The predicted molar refractivity (Wildman–Crippen MR) is 97.6 cm³/mol. The van der Waals surface area contributed by atoms with Crippen molar-refractivity contribution in [3.63, 3.8) is 0 Å². The second-order valence-corrected chi connectivity index (χ2v) is 7.50. The number of benzene rings is 2. The molecule has 0 fully saturated rings. The Labute approximate surface area is 164 Å². The molecular weight excluding hydrogens is 412 g/mol. The molecule has 0 aliphatic heterocycles. The van der Waals surface area contributed by atoms with Crippen LogP contribution in [0, 0.1) is 23.0 Å². The fourth-order valence-electron chi connectivity index (χ4n) is 2.16. The van der Waals surface area contributed by atoms with Gasteiger partial charge in [0.25, 0.3) is 10.0 Å². The van der Waals surface area contributed by atoms with Crippen LogP contribution >= 0.6 is 11.6 Å². The number of anilines is 1. The molecule has 1 aromatic heterocycles. The van der Waals surface area contributed by atoms with Crippen LogP contribution in [0.3, 0.4) is 0 Å². The number of sulfonamides is 1. The Kier molecular flexibility index (Phi) is 5.44. The highest BCUT2D eigenvalue weighted by Gasteiger charge is 2.18. The Morgan fingerprint density at radius 2 is 1.75 bits per heavy atom. The summed E-state index contributed by atoms with van der Waals surface area (Å²) in [6.45, 7) is 0. The summed E-state index contributed by atoms with van der Waals surface area (Å²) in [5.41, 5.74) is -0.0877. The normalized spacial score (nSPS) is 10.9. The minimum atomic E-state index is -4.08. The van der Waals surface area contributed by atoms with Crippen molar-refractivity contribution in [2.24, 2.45) is 0 Å². The molecule has 0 saturated carbocycles. The summed E-state index contributed by atoms with van der Waals surface area (Å²) in [4.78, 5) is 3.39. The lowest BCUT2D eigenvalue weighted by atomic mass is 10.2. The standard InChI is InChI=1S/C18H10ClF2N3O3S/c19-15-8-12(20)1-4-17(15)27-16-5-3-14(7-11(16)9-22)28(25,26)24-18-6-2-13(21)10-23-18/h1-8,10H,(H,23,24). The van der Waals surface area contributed by atoms with Gasteiger partial charge in [0.2, 0.25) is 0 Å². The molecule has 1 N–H and O–H groups in total. The first-order valence-electron chi connectivity index (χ1n) is 7.60. The molecule has 28 heavy (non-hydrogen) atoms. The van der Waals surface area contributed by atoms with Gasteiger partial charge in [-0.25, -0.2) is 22.2 Å². The molecule has 0 amide bonds. The zero-order valence-corrected chi connectivity index (χ0v) is 15.4. The van der Waals surface area contributed by atoms with Gasteiger partial charge in [-0.1, -0.05) is 11.6 Å². The maximum absolute atomic E-state index is 13.1. The van der Waals surface area contributed by atoms with Gasteiger partial charge in [-0.05, 0) is 48.5 Å². The third-order valence-electron chi connectivity index (χ3n) is 3.46. The summed E-state index contributed by atoms with van der Waals surface area (Å²) < 4.78 is 58.6. The smallest absolute Gasteiger partial charge is 0.263 e. The number of pyridine rings is 1. The highest BCUT2D eigenvalue weighted by Crippen LogP contribution is 2.32. The average Bonchev–Trinajstić information content (AvgIpc) is 2.66. The quantitative estimate of drug-likeness (QED) is 0.655. The molecule has 0 spiro atoms. The summed E-state index contributed by atoms with van der Waals surface area (Å²) >= 11 is 5.89. The number of rotatable bonds is 5. The molecule has 0 radical (unpaired) electrons. The number of halogens is 3. The van der Waals surface area contributed by atoms with Gasteiger partial charge in [0.15, 0.2) is 0 Å². The van der Waals surface area contributed by atoms with Crippen LogP contribution in [0.25, 0.3) is 0 Å². The van der Waals surface area contributed by atoms with E-state index in [4.69, 9.17) is 16.3 Å². The van der Waals surface area contributed by atoms with Crippen molar-refractivity contribution in [1.82, 2.24) is 4.98 Å². The van der Waals surface area contributed by atoms with Gasteiger partial charge in [0.1, 0.15) is 35.0 Å². The zero-order valence-electron chi connectivity index (χ0n) is 13.9. The van der Waals surface area contributed by atoms with Gasteiger partial charge in [0.05, 0.1) is 21.7 Å². The van der Waals surface area contributed by atoms with Gasteiger partial charge in [0, 0.05) is 0 Å². The maximum atomic E-state index is 13.1. The minimum absolute atomic E-state index is 0.00959. The van der Waals surface area contributed by atoms with E-state index in [2.05, 4.69) is 9.71 Å². The van der Waals surface area contributed by atoms with Crippen LogP contribution in [-0.4, -0.2) is 13.4 Å². The number of hydrogen-bond donors (Lipinski definition) is 1. The van der Waals surface area contributed by atoms with Crippen molar-refractivity contribution in [3.8, 4) is 17.6 Å². The first-order valence-corrected chi connectivity index (χ1v) is 9.46. The van der Waals surface area contributed by atoms with E-state index in [1.807, 2.05) is 6.07 Å². The Morgan fingerprint density at radius 1 is 1.04 bits per heavy atom. The first kappa shape index (κ1) is 19.5. The first-order chi connectivity index (χ1) is 13.3. The number of nitrogens with one attached hydrogen (secondary N) is 1. The second-order valence-electron chi connectivity index (χ2n) is 5.41. The van der Waals surface area contributed by atoms with Crippen LogP contribution in [0.2, 0.25) is 5.02 Å². The van der Waals surface area contributed by atoms with Crippen molar-refractivity contribution < 1.29 is 21.9 Å². The van der Waals surface area contributed by atoms with E-state index in [9.17, 15) is 22.5 Å². The highest BCUT2D eigenvalue weighted by atomic mass is 35.5. The van der Waals surface area contributed by atoms with E-state index in [0.29, 0.717) is 0 Å². The van der Waals surface area contributed by atoms with E-state index in [-0.39, 0.29) is 32.8 Å². The molecule has 10 heteroatoms. The molecule has 0 bridgehead atoms. The molecule has 2 aromatic carbocycles. The Hall–Kier alpha value is -3.22. The lowest BCUT2D eigenvalue weighted by molar-refractivity contribution is 0.478. The predicted octanol–water partition coefficient (Wildman–Crippen LogP) is 4.48. The molecule has 0 unspecified atom stereocenters. The van der Waals surface area contributed by atoms with Crippen molar-refractivity contribution in [2.75, 3.05) is 4.72 Å². The van der Waals surface area contributed by atoms with Crippen LogP contribution in [0.1, 0.15) is 5.56 Å². The molecule has 0 atom stereocenters. The summed E-state index contributed by atoms with van der Waals surface area (Å²) in [6.07, 6.45) is 0.863. The number of nitrogens with zero attached hydrogens (tertiary/aromatic N) is 2. The lowest BCUT2D eigenvalue weighted by Crippen LogP contribution is -2.14. The monoisotopic (exact) mass is 421 g/mol. The van der Waals surface area contributed by atoms with Crippen LogP contribution in [0.4, 0.5) is 14.6 Å². The Bertz CT molecular complexity index is 1180. The van der Waals surface area contributed by atoms with E-state index in [1.165, 1.54) is 18.2 Å². The topological polar surface area (TPSA) is 92.1 Å². The third kappa shape index (κ3) is 4.36. The zero-order chi connectivity index (χ0) is 20.3. The molecule has 3 rings (SSSR count). The molecule has 1 heterocycles. The maximum Gasteiger partial charge on any atom is 0.263 e. The number of nitriles is 1. The lowest BCUT2D eigenvalue weighted by Gasteiger charge is -2.11. The van der Waals surface area contributed by atoms with Crippen LogP contribution < -0.4 is 9.46 Å². The summed E-state index contributed by atoms with van der Waals surface area (Å²) in [5, 5.41) is 9.32. The highest BCUT2D eigenvalue weighted by molar-refractivity contribution is 7.92. The van der Waals surface area contributed by atoms with E-state index < -0.39 is 21.7 Å². The minimum Gasteiger partial charge on any atom is -0.454 e.